The number of aliphatic hydroxyl groups is 1. The molecule has 1 aromatic rings. The van der Waals surface area contributed by atoms with Gasteiger partial charge in [-0.3, -0.25) is 4.79 Å². The summed E-state index contributed by atoms with van der Waals surface area (Å²) in [6.07, 6.45) is 3.64. The lowest BCUT2D eigenvalue weighted by molar-refractivity contribution is -0.119. The molecule has 0 aromatic heterocycles. The molecule has 0 saturated heterocycles. The Hall–Kier alpha value is -1.17. The Bertz CT molecular complexity index is 519. The van der Waals surface area contributed by atoms with E-state index in [9.17, 15) is 14.3 Å². The molecule has 22 heavy (non-hydrogen) atoms. The molecule has 0 radical (unpaired) electrons. The maximum atomic E-state index is 13.5. The summed E-state index contributed by atoms with van der Waals surface area (Å²) in [5.41, 5.74) is 0.688. The van der Waals surface area contributed by atoms with Gasteiger partial charge in [0.15, 0.2) is 0 Å². The first kappa shape index (κ1) is 17.2. The second kappa shape index (κ2) is 7.90. The molecule has 0 unspecified atom stereocenters. The Morgan fingerprint density at radius 2 is 2.00 bits per heavy atom. The van der Waals surface area contributed by atoms with Crippen LogP contribution in [0, 0.1) is 5.82 Å². The molecule has 3 N–H and O–H groups in total. The highest BCUT2D eigenvalue weighted by Crippen LogP contribution is 2.24. The predicted octanol–water partition coefficient (Wildman–Crippen LogP) is 2.55. The minimum atomic E-state index is -0.478. The fourth-order valence-corrected chi connectivity index (χ4v) is 3.08. The highest BCUT2D eigenvalue weighted by Gasteiger charge is 2.24. The van der Waals surface area contributed by atoms with Crippen LogP contribution in [0.1, 0.15) is 44.2 Å². The van der Waals surface area contributed by atoms with E-state index < -0.39 is 5.82 Å². The van der Waals surface area contributed by atoms with E-state index in [1.165, 1.54) is 19.1 Å². The average Bonchev–Trinajstić information content (AvgIpc) is 2.49. The Labute approximate surface area is 135 Å². The molecule has 6 heteroatoms. The summed E-state index contributed by atoms with van der Waals surface area (Å²) in [6, 6.07) is 4.76. The smallest absolute Gasteiger partial charge is 0.217 e. The molecule has 1 atom stereocenters. The van der Waals surface area contributed by atoms with Gasteiger partial charge in [0.25, 0.3) is 0 Å². The van der Waals surface area contributed by atoms with Crippen molar-refractivity contribution in [2.75, 3.05) is 6.61 Å². The van der Waals surface area contributed by atoms with Gasteiger partial charge in [-0.2, -0.15) is 0 Å². The van der Waals surface area contributed by atoms with E-state index >= 15 is 0 Å². The Morgan fingerprint density at radius 3 is 2.55 bits per heavy atom. The molecule has 1 aliphatic rings. The second-order valence-electron chi connectivity index (χ2n) is 5.82. The summed E-state index contributed by atoms with van der Waals surface area (Å²) >= 11 is 5.69. The molecular formula is C16H22ClFN2O2. The first-order valence-electron chi connectivity index (χ1n) is 7.58. The maximum Gasteiger partial charge on any atom is 0.217 e. The van der Waals surface area contributed by atoms with Crippen LogP contribution in [0.25, 0.3) is 0 Å². The lowest BCUT2D eigenvalue weighted by Crippen LogP contribution is -2.43. The third-order valence-electron chi connectivity index (χ3n) is 4.10. The largest absolute Gasteiger partial charge is 0.394 e. The zero-order valence-corrected chi connectivity index (χ0v) is 13.4. The molecule has 2 rings (SSSR count). The van der Waals surface area contributed by atoms with E-state index in [0.717, 1.165) is 25.7 Å². The summed E-state index contributed by atoms with van der Waals surface area (Å²) in [5, 5.41) is 16.0. The van der Waals surface area contributed by atoms with Gasteiger partial charge >= 0.3 is 0 Å². The number of nitrogens with one attached hydrogen (secondary N) is 2. The van der Waals surface area contributed by atoms with Gasteiger partial charge in [-0.05, 0) is 43.4 Å². The van der Waals surface area contributed by atoms with E-state index in [-0.39, 0.29) is 35.7 Å². The number of aliphatic hydroxyl groups excluding tert-OH is 1. The van der Waals surface area contributed by atoms with Crippen LogP contribution < -0.4 is 10.6 Å². The van der Waals surface area contributed by atoms with E-state index in [4.69, 9.17) is 11.6 Å². The minimum Gasteiger partial charge on any atom is -0.394 e. The fourth-order valence-electron chi connectivity index (χ4n) is 2.96. The molecule has 1 saturated carbocycles. The Morgan fingerprint density at radius 1 is 1.36 bits per heavy atom. The van der Waals surface area contributed by atoms with Crippen LogP contribution in [0.15, 0.2) is 18.2 Å². The lowest BCUT2D eigenvalue weighted by Gasteiger charge is -2.32. The van der Waals surface area contributed by atoms with Crippen LogP contribution in [0.2, 0.25) is 5.02 Å². The summed E-state index contributed by atoms with van der Waals surface area (Å²) in [6.45, 7) is 1.42. The topological polar surface area (TPSA) is 61.4 Å². The first-order chi connectivity index (χ1) is 10.5. The SMILES string of the molecule is CC(=O)NC1CCC(N[C@H](CO)c2ccc(Cl)c(F)c2)CC1. The van der Waals surface area contributed by atoms with Gasteiger partial charge in [0.05, 0.1) is 17.7 Å². The van der Waals surface area contributed by atoms with E-state index in [1.807, 2.05) is 0 Å². The number of halogens is 2. The molecule has 1 aromatic carbocycles. The zero-order chi connectivity index (χ0) is 16.1. The standard InChI is InChI=1S/C16H22ClFN2O2/c1-10(22)19-12-3-5-13(6-4-12)20-16(9-21)11-2-7-14(17)15(18)8-11/h2,7-8,12-13,16,20-21H,3-6,9H2,1H3,(H,19,22)/t12?,13?,16-/m1/s1. The van der Waals surface area contributed by atoms with Gasteiger partial charge in [0.1, 0.15) is 5.82 Å². The summed E-state index contributed by atoms with van der Waals surface area (Å²) in [4.78, 5) is 11.1. The number of hydrogen-bond acceptors (Lipinski definition) is 3. The van der Waals surface area contributed by atoms with Crippen LogP contribution in [-0.2, 0) is 4.79 Å². The van der Waals surface area contributed by atoms with Gasteiger partial charge in [0.2, 0.25) is 5.91 Å². The molecule has 0 bridgehead atoms. The average molecular weight is 329 g/mol. The molecule has 0 heterocycles. The van der Waals surface area contributed by atoms with Crippen LogP contribution in [0.3, 0.4) is 0 Å². The maximum absolute atomic E-state index is 13.5. The molecule has 0 aliphatic heterocycles. The highest BCUT2D eigenvalue weighted by molar-refractivity contribution is 6.30. The van der Waals surface area contributed by atoms with Crippen molar-refractivity contribution in [3.63, 3.8) is 0 Å². The van der Waals surface area contributed by atoms with Crippen LogP contribution in [0.4, 0.5) is 4.39 Å². The molecule has 4 nitrogen and oxygen atoms in total. The second-order valence-corrected chi connectivity index (χ2v) is 6.23. The summed E-state index contributed by atoms with van der Waals surface area (Å²) in [5.74, 6) is -0.477. The monoisotopic (exact) mass is 328 g/mol. The molecular weight excluding hydrogens is 307 g/mol. The van der Waals surface area contributed by atoms with Crippen molar-refractivity contribution in [1.82, 2.24) is 10.6 Å². The van der Waals surface area contributed by atoms with Gasteiger partial charge in [-0.25, -0.2) is 4.39 Å². The van der Waals surface area contributed by atoms with Crippen molar-refractivity contribution in [2.24, 2.45) is 0 Å². The van der Waals surface area contributed by atoms with Gasteiger partial charge in [-0.15, -0.1) is 0 Å². The summed E-state index contributed by atoms with van der Waals surface area (Å²) in [7, 11) is 0. The lowest BCUT2D eigenvalue weighted by atomic mass is 9.90. The molecule has 1 amide bonds. The third kappa shape index (κ3) is 4.66. The van der Waals surface area contributed by atoms with Crippen LogP contribution >= 0.6 is 11.6 Å². The fraction of sp³-hybridized carbons (Fsp3) is 0.562. The summed E-state index contributed by atoms with van der Waals surface area (Å²) < 4.78 is 13.5. The van der Waals surface area contributed by atoms with E-state index in [0.29, 0.717) is 5.56 Å². The van der Waals surface area contributed by atoms with E-state index in [1.54, 1.807) is 6.07 Å². The normalized spacial score (nSPS) is 23.1. The Balaban J connectivity index is 1.91. The van der Waals surface area contributed by atoms with Crippen molar-refractivity contribution in [2.45, 2.75) is 50.7 Å². The molecule has 1 aliphatic carbocycles. The van der Waals surface area contributed by atoms with Gasteiger partial charge < -0.3 is 15.7 Å². The van der Waals surface area contributed by atoms with Crippen LogP contribution in [0.5, 0.6) is 0 Å². The Kier molecular flexibility index (Phi) is 6.17. The quantitative estimate of drug-likeness (QED) is 0.778. The van der Waals surface area contributed by atoms with Gasteiger partial charge in [-0.1, -0.05) is 17.7 Å². The first-order valence-corrected chi connectivity index (χ1v) is 7.96. The van der Waals surface area contributed by atoms with Crippen molar-refractivity contribution in [3.8, 4) is 0 Å². The number of amides is 1. The molecule has 122 valence electrons. The number of carbonyl (C=O) groups is 1. The minimum absolute atomic E-state index is 0.00119. The highest BCUT2D eigenvalue weighted by atomic mass is 35.5. The van der Waals surface area contributed by atoms with Crippen molar-refractivity contribution >= 4 is 17.5 Å². The number of hydrogen-bond donors (Lipinski definition) is 3. The number of carbonyl (C=O) groups excluding carboxylic acids is 1. The predicted molar refractivity (Wildman–Crippen MR) is 84.2 cm³/mol. The van der Waals surface area contributed by atoms with Crippen molar-refractivity contribution in [1.29, 1.82) is 0 Å². The van der Waals surface area contributed by atoms with Gasteiger partial charge in [0, 0.05) is 19.0 Å². The molecule has 1 fully saturated rings. The third-order valence-corrected chi connectivity index (χ3v) is 4.41. The van der Waals surface area contributed by atoms with E-state index in [2.05, 4.69) is 10.6 Å². The van der Waals surface area contributed by atoms with Crippen LogP contribution in [-0.4, -0.2) is 29.7 Å². The zero-order valence-electron chi connectivity index (χ0n) is 12.6. The van der Waals surface area contributed by atoms with Crippen molar-refractivity contribution < 1.29 is 14.3 Å². The molecule has 0 spiro atoms. The number of rotatable bonds is 5. The number of benzene rings is 1. The van der Waals surface area contributed by atoms with Crippen molar-refractivity contribution in [3.05, 3.63) is 34.6 Å².